The van der Waals surface area contributed by atoms with Crippen molar-refractivity contribution in [3.63, 3.8) is 0 Å². The van der Waals surface area contributed by atoms with Crippen molar-refractivity contribution in [3.8, 4) is 0 Å². The number of nitrogens with zero attached hydrogens (tertiary/aromatic N) is 3. The molecule has 12 heteroatoms. The minimum absolute atomic E-state index is 0.173. The number of aliphatic hydroxyl groups is 2. The molecule has 2 saturated heterocycles. The average molecular weight is 538 g/mol. The van der Waals surface area contributed by atoms with Gasteiger partial charge in [0.25, 0.3) is 0 Å². The normalized spacial score (nSPS) is 21.3. The molecule has 4 rings (SSSR count). The van der Waals surface area contributed by atoms with Crippen LogP contribution in [0.3, 0.4) is 0 Å². The number of alkyl halides is 3. The topological polar surface area (TPSA) is 76.5 Å². The lowest BCUT2D eigenvalue weighted by atomic mass is 10.1. The van der Waals surface area contributed by atoms with Gasteiger partial charge in [-0.3, -0.25) is 4.90 Å². The molecule has 0 radical (unpaired) electrons. The summed E-state index contributed by atoms with van der Waals surface area (Å²) in [5.74, 6) is 0. The summed E-state index contributed by atoms with van der Waals surface area (Å²) in [6, 6.07) is 10.1. The summed E-state index contributed by atoms with van der Waals surface area (Å²) >= 11 is 1.46. The molecule has 198 valence electrons. The second-order valence-electron chi connectivity index (χ2n) is 8.04. The lowest BCUT2D eigenvalue weighted by Crippen LogP contribution is -2.46. The molecule has 2 aliphatic rings. The number of thiophene rings is 1. The van der Waals surface area contributed by atoms with Crippen LogP contribution >= 0.6 is 11.3 Å². The Hall–Kier alpha value is -1.54. The van der Waals surface area contributed by atoms with E-state index < -0.39 is 23.3 Å². The molecular formula is C23H34F3N3O4S2. The van der Waals surface area contributed by atoms with Gasteiger partial charge in [0, 0.05) is 51.6 Å². The van der Waals surface area contributed by atoms with E-state index in [2.05, 4.69) is 18.9 Å². The van der Waals surface area contributed by atoms with Crippen molar-refractivity contribution in [1.82, 2.24) is 9.21 Å². The number of likely N-dealkylation sites (N-methyl/N-ethyl adjacent to an activating group) is 1. The van der Waals surface area contributed by atoms with Crippen LogP contribution in [-0.2, 0) is 15.7 Å². The zero-order valence-corrected chi connectivity index (χ0v) is 21.8. The van der Waals surface area contributed by atoms with Gasteiger partial charge in [0.1, 0.15) is 15.2 Å². The molecule has 0 spiro atoms. The SMILES string of the molecule is CC1COCCN1C.CO.O=S(c1cccs1)N1CCN(c2ccc(C(O)C(F)(F)F)cc2)CC1. The first-order valence-electron chi connectivity index (χ1n) is 11.2. The third kappa shape index (κ3) is 8.81. The maximum absolute atomic E-state index is 12.5. The largest absolute Gasteiger partial charge is 0.418 e. The lowest BCUT2D eigenvalue weighted by Gasteiger charge is -2.35. The highest BCUT2D eigenvalue weighted by Gasteiger charge is 2.39. The van der Waals surface area contributed by atoms with Gasteiger partial charge >= 0.3 is 6.18 Å². The number of rotatable bonds is 4. The second-order valence-corrected chi connectivity index (χ2v) is 10.7. The van der Waals surface area contributed by atoms with E-state index in [9.17, 15) is 22.5 Å². The number of morpholine rings is 1. The predicted molar refractivity (Wildman–Crippen MR) is 133 cm³/mol. The Labute approximate surface area is 211 Å². The summed E-state index contributed by atoms with van der Waals surface area (Å²) in [6.45, 7) is 7.56. The smallest absolute Gasteiger partial charge is 0.400 e. The summed E-state index contributed by atoms with van der Waals surface area (Å²) in [4.78, 5) is 4.34. The van der Waals surface area contributed by atoms with Crippen molar-refractivity contribution in [2.75, 3.05) is 65.0 Å². The minimum atomic E-state index is -4.67. The van der Waals surface area contributed by atoms with Crippen molar-refractivity contribution >= 4 is 28.0 Å². The monoisotopic (exact) mass is 537 g/mol. The Bertz CT molecular complexity index is 867. The quantitative estimate of drug-likeness (QED) is 0.624. The predicted octanol–water partition coefficient (Wildman–Crippen LogP) is 3.13. The fraction of sp³-hybridized carbons (Fsp3) is 0.565. The lowest BCUT2D eigenvalue weighted by molar-refractivity contribution is -0.206. The number of ether oxygens (including phenoxy) is 1. The van der Waals surface area contributed by atoms with Crippen LogP contribution < -0.4 is 4.90 Å². The first-order valence-corrected chi connectivity index (χ1v) is 13.2. The molecule has 2 N–H and O–H groups in total. The number of anilines is 1. The molecule has 7 nitrogen and oxygen atoms in total. The van der Waals surface area contributed by atoms with E-state index in [0.29, 0.717) is 32.2 Å². The van der Waals surface area contributed by atoms with Gasteiger partial charge in [0.2, 0.25) is 0 Å². The van der Waals surface area contributed by atoms with E-state index in [1.807, 2.05) is 26.7 Å². The number of hydrogen-bond acceptors (Lipinski definition) is 7. The van der Waals surface area contributed by atoms with Crippen molar-refractivity contribution in [2.24, 2.45) is 0 Å². The highest BCUT2D eigenvalue weighted by Crippen LogP contribution is 2.33. The summed E-state index contributed by atoms with van der Waals surface area (Å²) < 4.78 is 57.9. The van der Waals surface area contributed by atoms with Crippen LogP contribution in [0.25, 0.3) is 0 Å². The van der Waals surface area contributed by atoms with Gasteiger partial charge < -0.3 is 19.8 Å². The zero-order chi connectivity index (χ0) is 26.0. The Kier molecular flexibility index (Phi) is 12.1. The van der Waals surface area contributed by atoms with Crippen LogP contribution in [-0.4, -0.2) is 95.9 Å². The molecule has 1 aromatic heterocycles. The molecule has 0 saturated carbocycles. The highest BCUT2D eigenvalue weighted by atomic mass is 32.2. The number of hydrogen-bond donors (Lipinski definition) is 2. The van der Waals surface area contributed by atoms with E-state index in [4.69, 9.17) is 9.84 Å². The molecular weight excluding hydrogens is 503 g/mol. The summed E-state index contributed by atoms with van der Waals surface area (Å²) in [5.41, 5.74) is 0.619. The van der Waals surface area contributed by atoms with Crippen LogP contribution in [0.15, 0.2) is 46.0 Å². The third-order valence-electron chi connectivity index (χ3n) is 5.72. The van der Waals surface area contributed by atoms with Crippen LogP contribution in [0.1, 0.15) is 18.6 Å². The van der Waals surface area contributed by atoms with E-state index in [0.717, 1.165) is 36.8 Å². The maximum Gasteiger partial charge on any atom is 0.418 e. The minimum Gasteiger partial charge on any atom is -0.400 e. The van der Waals surface area contributed by atoms with Gasteiger partial charge in [0.05, 0.1) is 13.2 Å². The van der Waals surface area contributed by atoms with Gasteiger partial charge in [-0.2, -0.15) is 13.2 Å². The highest BCUT2D eigenvalue weighted by molar-refractivity contribution is 7.85. The van der Waals surface area contributed by atoms with Gasteiger partial charge in [-0.15, -0.1) is 11.3 Å². The van der Waals surface area contributed by atoms with Crippen LogP contribution in [0.4, 0.5) is 18.9 Å². The van der Waals surface area contributed by atoms with Crippen LogP contribution in [0.5, 0.6) is 0 Å². The zero-order valence-electron chi connectivity index (χ0n) is 20.1. The average Bonchev–Trinajstić information content (AvgIpc) is 3.41. The van der Waals surface area contributed by atoms with Crippen molar-refractivity contribution in [2.45, 2.75) is 29.5 Å². The van der Waals surface area contributed by atoms with Crippen molar-refractivity contribution in [1.29, 1.82) is 0 Å². The molecule has 0 amide bonds. The van der Waals surface area contributed by atoms with Gasteiger partial charge in [0.15, 0.2) is 6.10 Å². The van der Waals surface area contributed by atoms with E-state index >= 15 is 0 Å². The van der Waals surface area contributed by atoms with Gasteiger partial charge in [-0.05, 0) is 43.1 Å². The fourth-order valence-electron chi connectivity index (χ4n) is 3.47. The second kappa shape index (κ2) is 14.3. The summed E-state index contributed by atoms with van der Waals surface area (Å²) in [6.07, 6.45) is -7.13. The van der Waals surface area contributed by atoms with E-state index in [1.54, 1.807) is 12.1 Å². The maximum atomic E-state index is 12.5. The molecule has 35 heavy (non-hydrogen) atoms. The number of halogens is 3. The molecule has 2 aliphatic heterocycles. The Morgan fingerprint density at radius 2 is 1.71 bits per heavy atom. The molecule has 3 heterocycles. The molecule has 0 bridgehead atoms. The van der Waals surface area contributed by atoms with Crippen LogP contribution in [0, 0.1) is 0 Å². The molecule has 2 fully saturated rings. The Morgan fingerprint density at radius 3 is 2.17 bits per heavy atom. The van der Waals surface area contributed by atoms with Crippen molar-refractivity contribution in [3.05, 3.63) is 47.3 Å². The van der Waals surface area contributed by atoms with Crippen LogP contribution in [0.2, 0.25) is 0 Å². The summed E-state index contributed by atoms with van der Waals surface area (Å²) in [5, 5.41) is 18.2. The van der Waals surface area contributed by atoms with Gasteiger partial charge in [-0.25, -0.2) is 8.51 Å². The number of aliphatic hydroxyl groups excluding tert-OH is 2. The van der Waals surface area contributed by atoms with Gasteiger partial charge in [-0.1, -0.05) is 18.2 Å². The number of piperazine rings is 1. The van der Waals surface area contributed by atoms with E-state index in [1.165, 1.54) is 23.5 Å². The third-order valence-corrected chi connectivity index (χ3v) is 8.42. The molecule has 0 aliphatic carbocycles. The summed E-state index contributed by atoms with van der Waals surface area (Å²) in [7, 11) is 1.97. The Balaban J connectivity index is 0.000000363. The first-order chi connectivity index (χ1) is 16.7. The Morgan fingerprint density at radius 1 is 1.09 bits per heavy atom. The molecule has 2 aromatic rings. The number of benzene rings is 1. The van der Waals surface area contributed by atoms with Crippen molar-refractivity contribution < 1.29 is 32.3 Å². The molecule has 3 atom stereocenters. The first kappa shape index (κ1) is 29.7. The molecule has 3 unspecified atom stereocenters. The fourth-order valence-corrected chi connectivity index (χ4v) is 5.67. The molecule has 1 aromatic carbocycles. The standard InChI is InChI=1S/C16H17F3N2O2S2.C6H13NO.CH4O/c17-16(18,19)15(22)12-3-5-13(6-4-12)20-7-9-21(10-8-20)25(23)14-2-1-11-24-14;1-6-5-8-4-3-7(6)2;1-2/h1-6,11,15,22H,7-10H2;6H,3-5H2,1-2H3;2H,1H3. The van der Waals surface area contributed by atoms with E-state index in [-0.39, 0.29) is 5.56 Å².